The number of anilines is 1. The zero-order valence-corrected chi connectivity index (χ0v) is 10.1. The molecule has 4 nitrogen and oxygen atoms in total. The molecule has 0 spiro atoms. The van der Waals surface area contributed by atoms with Gasteiger partial charge in [-0.25, -0.2) is 0 Å². The Hall–Kier alpha value is -1.88. The van der Waals surface area contributed by atoms with Crippen molar-refractivity contribution in [2.24, 2.45) is 0 Å². The Morgan fingerprint density at radius 3 is 2.59 bits per heavy atom. The minimum absolute atomic E-state index is 0.0123. The van der Waals surface area contributed by atoms with Gasteiger partial charge in [0.25, 0.3) is 0 Å². The topological polar surface area (TPSA) is 62.0 Å². The number of nitrogens with one attached hydrogen (secondary N) is 2. The summed E-state index contributed by atoms with van der Waals surface area (Å²) >= 11 is 1.14. The number of rotatable bonds is 3. The fourth-order valence-electron chi connectivity index (χ4n) is 1.40. The van der Waals surface area contributed by atoms with Gasteiger partial charge in [0.15, 0.2) is 0 Å². The predicted octanol–water partition coefficient (Wildman–Crippen LogP) is 2.45. The van der Waals surface area contributed by atoms with Crippen LogP contribution >= 0.6 is 11.3 Å². The normalized spacial score (nSPS) is 10.2. The van der Waals surface area contributed by atoms with E-state index in [4.69, 9.17) is 0 Å². The van der Waals surface area contributed by atoms with Crippen LogP contribution in [0.15, 0.2) is 34.4 Å². The zero-order valence-electron chi connectivity index (χ0n) is 9.32. The van der Waals surface area contributed by atoms with Gasteiger partial charge in [0, 0.05) is 17.5 Å². The summed E-state index contributed by atoms with van der Waals surface area (Å²) in [5.74, 6) is -0.0123. The van der Waals surface area contributed by atoms with E-state index in [1.807, 2.05) is 24.3 Å². The Balaban J connectivity index is 2.18. The van der Waals surface area contributed by atoms with E-state index in [2.05, 4.69) is 10.3 Å². The zero-order chi connectivity index (χ0) is 12.3. The molecule has 0 aliphatic heterocycles. The Morgan fingerprint density at radius 1 is 1.35 bits per heavy atom. The van der Waals surface area contributed by atoms with E-state index >= 15 is 0 Å². The number of hydrogen-bond donors (Lipinski definition) is 2. The number of aromatic nitrogens is 1. The van der Waals surface area contributed by atoms with Gasteiger partial charge in [-0.15, -0.1) is 0 Å². The highest BCUT2D eigenvalue weighted by molar-refractivity contribution is 7.07. The first-order chi connectivity index (χ1) is 8.19. The summed E-state index contributed by atoms with van der Waals surface area (Å²) in [6.45, 7) is 1.81. The van der Waals surface area contributed by atoms with Gasteiger partial charge in [-0.2, -0.15) is 0 Å². The maximum absolute atomic E-state index is 11.2. The van der Waals surface area contributed by atoms with Crippen molar-refractivity contribution in [2.45, 2.75) is 13.3 Å². The quantitative estimate of drug-likeness (QED) is 0.876. The Bertz CT molecular complexity index is 569. The SMILES string of the molecule is CCC(=O)Nc1ccc(-c2csc(=O)[nH]2)cc1. The van der Waals surface area contributed by atoms with Gasteiger partial charge in [-0.05, 0) is 17.7 Å². The van der Waals surface area contributed by atoms with Crippen molar-refractivity contribution >= 4 is 22.9 Å². The molecule has 0 saturated carbocycles. The lowest BCUT2D eigenvalue weighted by atomic mass is 10.1. The lowest BCUT2D eigenvalue weighted by molar-refractivity contribution is -0.115. The standard InChI is InChI=1S/C12H12N2O2S/c1-2-11(15)13-9-5-3-8(4-6-9)10-7-17-12(16)14-10/h3-7H,2H2,1H3,(H,13,15)(H,14,16). The summed E-state index contributed by atoms with van der Waals surface area (Å²) in [5.41, 5.74) is 2.49. The first-order valence-corrected chi connectivity index (χ1v) is 6.15. The third-order valence-corrected chi connectivity index (χ3v) is 2.99. The summed E-state index contributed by atoms with van der Waals surface area (Å²) in [6.07, 6.45) is 0.458. The molecular weight excluding hydrogens is 236 g/mol. The van der Waals surface area contributed by atoms with Crippen molar-refractivity contribution in [3.8, 4) is 11.3 Å². The Kier molecular flexibility index (Phi) is 3.39. The van der Waals surface area contributed by atoms with Crippen LogP contribution in [0.3, 0.4) is 0 Å². The smallest absolute Gasteiger partial charge is 0.304 e. The van der Waals surface area contributed by atoms with Crippen molar-refractivity contribution in [3.63, 3.8) is 0 Å². The molecule has 0 atom stereocenters. The number of hydrogen-bond acceptors (Lipinski definition) is 3. The van der Waals surface area contributed by atoms with E-state index < -0.39 is 0 Å². The van der Waals surface area contributed by atoms with Crippen LogP contribution in [0.25, 0.3) is 11.3 Å². The monoisotopic (exact) mass is 248 g/mol. The second kappa shape index (κ2) is 4.97. The first-order valence-electron chi connectivity index (χ1n) is 5.27. The Morgan fingerprint density at radius 2 is 2.06 bits per heavy atom. The van der Waals surface area contributed by atoms with Crippen molar-refractivity contribution in [1.29, 1.82) is 0 Å². The molecular formula is C12H12N2O2S. The maximum atomic E-state index is 11.2. The molecule has 88 valence electrons. The molecule has 1 amide bonds. The number of aromatic amines is 1. The number of carbonyl (C=O) groups is 1. The van der Waals surface area contributed by atoms with Crippen LogP contribution in [-0.2, 0) is 4.79 Å². The number of thiazole rings is 1. The Labute approximate surface area is 102 Å². The van der Waals surface area contributed by atoms with Gasteiger partial charge in [-0.3, -0.25) is 9.59 Å². The fourth-order valence-corrected chi connectivity index (χ4v) is 1.99. The first kappa shape index (κ1) is 11.6. The van der Waals surface area contributed by atoms with E-state index in [1.54, 1.807) is 12.3 Å². The highest BCUT2D eigenvalue weighted by atomic mass is 32.1. The summed E-state index contributed by atoms with van der Waals surface area (Å²) in [7, 11) is 0. The molecule has 0 fully saturated rings. The molecule has 1 aromatic carbocycles. The molecule has 2 rings (SSSR count). The van der Waals surface area contributed by atoms with Crippen LogP contribution < -0.4 is 10.2 Å². The van der Waals surface area contributed by atoms with Crippen molar-refractivity contribution in [2.75, 3.05) is 5.32 Å². The fraction of sp³-hybridized carbons (Fsp3) is 0.167. The molecule has 0 radical (unpaired) electrons. The molecule has 0 saturated heterocycles. The van der Waals surface area contributed by atoms with Crippen molar-refractivity contribution in [1.82, 2.24) is 4.98 Å². The summed E-state index contributed by atoms with van der Waals surface area (Å²) in [4.78, 5) is 24.9. The molecule has 0 aliphatic carbocycles. The third-order valence-electron chi connectivity index (χ3n) is 2.32. The molecule has 0 unspecified atom stereocenters. The molecule has 2 aromatic rings. The molecule has 2 N–H and O–H groups in total. The largest absolute Gasteiger partial charge is 0.326 e. The number of amides is 1. The lowest BCUT2D eigenvalue weighted by Crippen LogP contribution is -2.09. The summed E-state index contributed by atoms with van der Waals surface area (Å²) in [5, 5.41) is 4.55. The van der Waals surface area contributed by atoms with Crippen LogP contribution in [0.2, 0.25) is 0 Å². The van der Waals surface area contributed by atoms with Gasteiger partial charge < -0.3 is 10.3 Å². The highest BCUT2D eigenvalue weighted by Crippen LogP contribution is 2.19. The summed E-state index contributed by atoms with van der Waals surface area (Å²) in [6, 6.07) is 7.37. The van der Waals surface area contributed by atoms with Crippen LogP contribution in [0.5, 0.6) is 0 Å². The van der Waals surface area contributed by atoms with Gasteiger partial charge >= 0.3 is 4.87 Å². The number of benzene rings is 1. The second-order valence-corrected chi connectivity index (χ2v) is 4.38. The van der Waals surface area contributed by atoms with Crippen LogP contribution in [0, 0.1) is 0 Å². The number of carbonyl (C=O) groups excluding carboxylic acids is 1. The van der Waals surface area contributed by atoms with Gasteiger partial charge in [0.2, 0.25) is 5.91 Å². The van der Waals surface area contributed by atoms with E-state index in [-0.39, 0.29) is 10.8 Å². The van der Waals surface area contributed by atoms with Crippen molar-refractivity contribution in [3.05, 3.63) is 39.3 Å². The predicted molar refractivity (Wildman–Crippen MR) is 69.3 cm³/mol. The molecule has 1 aromatic heterocycles. The second-order valence-electron chi connectivity index (χ2n) is 3.54. The van der Waals surface area contributed by atoms with Crippen LogP contribution in [-0.4, -0.2) is 10.9 Å². The third kappa shape index (κ3) is 2.82. The van der Waals surface area contributed by atoms with E-state index in [0.29, 0.717) is 6.42 Å². The van der Waals surface area contributed by atoms with Crippen molar-refractivity contribution < 1.29 is 4.79 Å². The average Bonchev–Trinajstić information content (AvgIpc) is 2.77. The van der Waals surface area contributed by atoms with Gasteiger partial charge in [-0.1, -0.05) is 30.4 Å². The van der Waals surface area contributed by atoms with Gasteiger partial charge in [0.1, 0.15) is 0 Å². The number of H-pyrrole nitrogens is 1. The maximum Gasteiger partial charge on any atom is 0.304 e. The minimum Gasteiger partial charge on any atom is -0.326 e. The molecule has 1 heterocycles. The van der Waals surface area contributed by atoms with E-state index in [0.717, 1.165) is 28.3 Å². The van der Waals surface area contributed by atoms with Crippen LogP contribution in [0.4, 0.5) is 5.69 Å². The summed E-state index contributed by atoms with van der Waals surface area (Å²) < 4.78 is 0. The minimum atomic E-state index is -0.0663. The molecule has 0 bridgehead atoms. The lowest BCUT2D eigenvalue weighted by Gasteiger charge is -2.04. The highest BCUT2D eigenvalue weighted by Gasteiger charge is 2.02. The van der Waals surface area contributed by atoms with E-state index in [9.17, 15) is 9.59 Å². The molecule has 0 aliphatic rings. The van der Waals surface area contributed by atoms with Gasteiger partial charge in [0.05, 0.1) is 5.69 Å². The molecule has 5 heteroatoms. The van der Waals surface area contributed by atoms with Crippen LogP contribution in [0.1, 0.15) is 13.3 Å². The van der Waals surface area contributed by atoms with E-state index in [1.165, 1.54) is 0 Å². The average molecular weight is 248 g/mol. The molecule has 17 heavy (non-hydrogen) atoms.